The van der Waals surface area contributed by atoms with Crippen LogP contribution in [0.25, 0.3) is 0 Å². The molecule has 1 aliphatic rings. The molecule has 0 unspecified atom stereocenters. The van der Waals surface area contributed by atoms with Gasteiger partial charge in [0.25, 0.3) is 5.91 Å². The SMILES string of the molecule is C=C(S/C=C\CCC)C(=O)N1CCN(C(=O)C(F)(F)F)CC1.CC. The Morgan fingerprint density at radius 3 is 2.08 bits per heavy atom. The normalized spacial score (nSPS) is 15.1. The molecule has 0 radical (unpaired) electrons. The zero-order valence-electron chi connectivity index (χ0n) is 14.4. The van der Waals surface area contributed by atoms with Crippen LogP contribution in [0.3, 0.4) is 0 Å². The predicted molar refractivity (Wildman–Crippen MR) is 91.3 cm³/mol. The summed E-state index contributed by atoms with van der Waals surface area (Å²) in [6.07, 6.45) is -1.02. The first-order chi connectivity index (χ1) is 11.3. The fraction of sp³-hybridized carbons (Fsp3) is 0.625. The van der Waals surface area contributed by atoms with Crippen LogP contribution in [0.2, 0.25) is 0 Å². The lowest BCUT2D eigenvalue weighted by Crippen LogP contribution is -2.53. The molecule has 8 heteroatoms. The number of hydrogen-bond acceptors (Lipinski definition) is 3. The van der Waals surface area contributed by atoms with Gasteiger partial charge in [-0.1, -0.05) is 51.6 Å². The van der Waals surface area contributed by atoms with Gasteiger partial charge in [-0.2, -0.15) is 13.2 Å². The van der Waals surface area contributed by atoms with Gasteiger partial charge < -0.3 is 9.80 Å². The molecule has 1 heterocycles. The van der Waals surface area contributed by atoms with E-state index in [0.717, 1.165) is 17.7 Å². The van der Waals surface area contributed by atoms with Crippen molar-refractivity contribution in [3.05, 3.63) is 23.0 Å². The first kappa shape index (κ1) is 22.6. The summed E-state index contributed by atoms with van der Waals surface area (Å²) < 4.78 is 37.0. The maximum Gasteiger partial charge on any atom is 0.471 e. The second-order valence-electron chi connectivity index (χ2n) is 4.78. The zero-order valence-corrected chi connectivity index (χ0v) is 15.2. The molecule has 1 saturated heterocycles. The fourth-order valence-corrected chi connectivity index (χ4v) is 2.51. The summed E-state index contributed by atoms with van der Waals surface area (Å²) in [5.74, 6) is -2.15. The number of amides is 2. The van der Waals surface area contributed by atoms with Gasteiger partial charge in [0, 0.05) is 26.2 Å². The number of carbonyl (C=O) groups excluding carboxylic acids is 2. The lowest BCUT2D eigenvalue weighted by Gasteiger charge is -2.35. The van der Waals surface area contributed by atoms with Crippen LogP contribution in [-0.4, -0.2) is 54.0 Å². The Hall–Kier alpha value is -1.44. The van der Waals surface area contributed by atoms with E-state index in [1.165, 1.54) is 16.7 Å². The summed E-state index contributed by atoms with van der Waals surface area (Å²) in [6, 6.07) is 0. The molecule has 0 spiro atoms. The van der Waals surface area contributed by atoms with E-state index in [1.54, 1.807) is 5.41 Å². The van der Waals surface area contributed by atoms with Crippen LogP contribution in [0.1, 0.15) is 33.6 Å². The topological polar surface area (TPSA) is 40.6 Å². The summed E-state index contributed by atoms with van der Waals surface area (Å²) in [7, 11) is 0. The van der Waals surface area contributed by atoms with Crippen molar-refractivity contribution in [3.8, 4) is 0 Å². The van der Waals surface area contributed by atoms with Crippen LogP contribution >= 0.6 is 11.8 Å². The molecule has 2 amide bonds. The Bertz CT molecular complexity index is 457. The highest BCUT2D eigenvalue weighted by Gasteiger charge is 2.43. The van der Waals surface area contributed by atoms with Gasteiger partial charge in [0.15, 0.2) is 0 Å². The Morgan fingerprint density at radius 2 is 1.62 bits per heavy atom. The molecule has 0 aliphatic carbocycles. The first-order valence-corrected chi connectivity index (χ1v) is 8.81. The van der Waals surface area contributed by atoms with Crippen molar-refractivity contribution < 1.29 is 22.8 Å². The molecule has 138 valence electrons. The van der Waals surface area contributed by atoms with Crippen LogP contribution in [-0.2, 0) is 9.59 Å². The van der Waals surface area contributed by atoms with Crippen LogP contribution < -0.4 is 0 Å². The largest absolute Gasteiger partial charge is 0.471 e. The van der Waals surface area contributed by atoms with Crippen LogP contribution in [0.15, 0.2) is 23.0 Å². The fourth-order valence-electron chi connectivity index (χ4n) is 1.88. The minimum absolute atomic E-state index is 0.0822. The van der Waals surface area contributed by atoms with E-state index >= 15 is 0 Å². The van der Waals surface area contributed by atoms with E-state index in [2.05, 4.69) is 6.58 Å². The smallest absolute Gasteiger partial charge is 0.335 e. The van der Waals surface area contributed by atoms with E-state index in [-0.39, 0.29) is 32.1 Å². The highest BCUT2D eigenvalue weighted by molar-refractivity contribution is 8.06. The van der Waals surface area contributed by atoms with E-state index < -0.39 is 12.1 Å². The third kappa shape index (κ3) is 7.42. The Morgan fingerprint density at radius 1 is 1.12 bits per heavy atom. The van der Waals surface area contributed by atoms with Crippen LogP contribution in [0.4, 0.5) is 13.2 Å². The average molecular weight is 366 g/mol. The van der Waals surface area contributed by atoms with Crippen molar-refractivity contribution in [2.75, 3.05) is 26.2 Å². The molecule has 0 N–H and O–H groups in total. The molecule has 0 atom stereocenters. The van der Waals surface area contributed by atoms with E-state index in [9.17, 15) is 22.8 Å². The number of unbranched alkanes of at least 4 members (excludes halogenated alkanes) is 1. The molecule has 4 nitrogen and oxygen atoms in total. The van der Waals surface area contributed by atoms with Crippen molar-refractivity contribution in [3.63, 3.8) is 0 Å². The summed E-state index contributed by atoms with van der Waals surface area (Å²) >= 11 is 1.20. The Labute approximate surface area is 145 Å². The molecule has 24 heavy (non-hydrogen) atoms. The van der Waals surface area contributed by atoms with Gasteiger partial charge in [-0.25, -0.2) is 0 Å². The third-order valence-electron chi connectivity index (χ3n) is 3.10. The molecule has 1 rings (SSSR count). The number of piperazine rings is 1. The molecule has 0 aromatic carbocycles. The predicted octanol–water partition coefficient (Wildman–Crippen LogP) is 3.81. The van der Waals surface area contributed by atoms with Crippen molar-refractivity contribution in [2.45, 2.75) is 39.8 Å². The number of alkyl halides is 3. The molecule has 1 aliphatic heterocycles. The monoisotopic (exact) mass is 366 g/mol. The number of halogens is 3. The average Bonchev–Trinajstić information content (AvgIpc) is 2.58. The molecule has 1 fully saturated rings. The maximum absolute atomic E-state index is 12.3. The van der Waals surface area contributed by atoms with Gasteiger partial charge in [-0.15, -0.1) is 0 Å². The van der Waals surface area contributed by atoms with Crippen molar-refractivity contribution >= 4 is 23.6 Å². The van der Waals surface area contributed by atoms with Crippen molar-refractivity contribution in [1.29, 1.82) is 0 Å². The summed E-state index contributed by atoms with van der Waals surface area (Å²) in [5.41, 5.74) is 0. The number of carbonyl (C=O) groups is 2. The standard InChI is InChI=1S/C14H19F3N2O2S.C2H6/c1-3-4-5-10-22-11(2)12(20)18-6-8-19(9-7-18)13(21)14(15,16)17;1-2/h5,10H,2-4,6-9H2,1H3;1-2H3/b10-5-;. The minimum atomic E-state index is -4.87. The highest BCUT2D eigenvalue weighted by Crippen LogP contribution is 2.22. The van der Waals surface area contributed by atoms with Crippen molar-refractivity contribution in [2.24, 2.45) is 0 Å². The van der Waals surface area contributed by atoms with E-state index in [0.29, 0.717) is 4.91 Å². The zero-order chi connectivity index (χ0) is 18.8. The molecule has 0 bridgehead atoms. The third-order valence-corrected chi connectivity index (χ3v) is 3.88. The first-order valence-electron chi connectivity index (χ1n) is 7.93. The minimum Gasteiger partial charge on any atom is -0.335 e. The quantitative estimate of drug-likeness (QED) is 0.695. The van der Waals surface area contributed by atoms with Gasteiger partial charge in [0.2, 0.25) is 0 Å². The number of nitrogens with zero attached hydrogens (tertiary/aromatic N) is 2. The molecule has 0 aromatic heterocycles. The lowest BCUT2D eigenvalue weighted by atomic mass is 10.3. The number of allylic oxidation sites excluding steroid dienone is 1. The molecular weight excluding hydrogens is 341 g/mol. The lowest BCUT2D eigenvalue weighted by molar-refractivity contribution is -0.187. The second kappa shape index (κ2) is 11.2. The number of hydrogen-bond donors (Lipinski definition) is 0. The van der Waals surface area contributed by atoms with E-state index in [4.69, 9.17) is 0 Å². The number of rotatable bonds is 5. The Kier molecular flexibility index (Phi) is 10.5. The summed E-state index contributed by atoms with van der Waals surface area (Å²) in [5, 5.41) is 1.78. The van der Waals surface area contributed by atoms with Gasteiger partial charge in [-0.3, -0.25) is 9.59 Å². The van der Waals surface area contributed by atoms with Gasteiger partial charge in [-0.05, 0) is 11.8 Å². The van der Waals surface area contributed by atoms with Gasteiger partial charge >= 0.3 is 12.1 Å². The summed E-state index contributed by atoms with van der Waals surface area (Å²) in [6.45, 7) is 9.65. The van der Waals surface area contributed by atoms with Crippen LogP contribution in [0.5, 0.6) is 0 Å². The van der Waals surface area contributed by atoms with Crippen LogP contribution in [0, 0.1) is 0 Å². The Balaban J connectivity index is 0.00000254. The van der Waals surface area contributed by atoms with Gasteiger partial charge in [0.05, 0.1) is 4.91 Å². The summed E-state index contributed by atoms with van der Waals surface area (Å²) in [4.78, 5) is 25.6. The number of thioether (sulfide) groups is 1. The molecular formula is C16H25F3N2O2S. The van der Waals surface area contributed by atoms with E-state index in [1.807, 2.05) is 26.8 Å². The highest BCUT2D eigenvalue weighted by atomic mass is 32.2. The molecule has 0 saturated carbocycles. The second-order valence-corrected chi connectivity index (χ2v) is 5.78. The molecule has 0 aromatic rings. The van der Waals surface area contributed by atoms with Crippen molar-refractivity contribution in [1.82, 2.24) is 9.80 Å². The maximum atomic E-state index is 12.3. The van der Waals surface area contributed by atoms with Gasteiger partial charge in [0.1, 0.15) is 0 Å².